The van der Waals surface area contributed by atoms with E-state index in [1.807, 2.05) is 48.5 Å². The van der Waals surface area contributed by atoms with Crippen molar-refractivity contribution in [3.05, 3.63) is 101 Å². The number of hydrogen-bond donors (Lipinski definition) is 2. The van der Waals surface area contributed by atoms with E-state index in [0.717, 1.165) is 40.5 Å². The lowest BCUT2D eigenvalue weighted by atomic mass is 9.78. The molecule has 7 heteroatoms. The number of anilines is 2. The Morgan fingerprint density at radius 2 is 1.50 bits per heavy atom. The molecule has 0 bridgehead atoms. The molecule has 1 aliphatic heterocycles. The predicted molar refractivity (Wildman–Crippen MR) is 125 cm³/mol. The third-order valence-electron chi connectivity index (χ3n) is 6.47. The van der Waals surface area contributed by atoms with E-state index in [4.69, 9.17) is 4.74 Å². The standard InChI is InChI=1S/C27H23F3N2O2/c1-34-20-12-8-16(9-13-20)18-14-23-25(24(33)15-18)26(32-22-5-3-2-4-21(22)31-23)17-6-10-19(11-7-17)27(28,29)30/h2-13,18,26,31-32H,14-15H2,1H3/t18-,26-/m0/s1. The van der Waals surface area contributed by atoms with Gasteiger partial charge >= 0.3 is 6.18 Å². The summed E-state index contributed by atoms with van der Waals surface area (Å²) in [6, 6.07) is 19.8. The molecule has 0 saturated heterocycles. The van der Waals surface area contributed by atoms with E-state index in [1.165, 1.54) is 12.1 Å². The molecule has 174 valence electrons. The lowest BCUT2D eigenvalue weighted by molar-refractivity contribution is -0.137. The molecule has 2 atom stereocenters. The molecule has 0 aromatic heterocycles. The quantitative estimate of drug-likeness (QED) is 0.453. The molecular formula is C27H23F3N2O2. The van der Waals surface area contributed by atoms with Crippen LogP contribution in [0.2, 0.25) is 0 Å². The first kappa shape index (κ1) is 22.1. The third-order valence-corrected chi connectivity index (χ3v) is 6.47. The number of carbonyl (C=O) groups is 1. The van der Waals surface area contributed by atoms with Crippen LogP contribution in [0, 0.1) is 0 Å². The van der Waals surface area contributed by atoms with Gasteiger partial charge in [-0.15, -0.1) is 0 Å². The molecule has 2 N–H and O–H groups in total. The number of rotatable bonds is 3. The number of alkyl halides is 3. The Labute approximate surface area is 195 Å². The fourth-order valence-corrected chi connectivity index (χ4v) is 4.72. The van der Waals surface area contributed by atoms with E-state index in [-0.39, 0.29) is 11.7 Å². The maximum atomic E-state index is 13.5. The maximum absolute atomic E-state index is 13.5. The Kier molecular flexibility index (Phi) is 5.55. The van der Waals surface area contributed by atoms with E-state index in [9.17, 15) is 18.0 Å². The number of allylic oxidation sites excluding steroid dienone is 1. The Morgan fingerprint density at radius 3 is 2.15 bits per heavy atom. The maximum Gasteiger partial charge on any atom is 0.416 e. The number of benzene rings is 3. The van der Waals surface area contributed by atoms with Crippen molar-refractivity contribution in [2.24, 2.45) is 0 Å². The lowest BCUT2D eigenvalue weighted by Gasteiger charge is -2.30. The highest BCUT2D eigenvalue weighted by molar-refractivity contribution is 6.01. The number of para-hydroxylation sites is 2. The predicted octanol–water partition coefficient (Wildman–Crippen LogP) is 6.69. The number of ketones is 1. The molecule has 3 aromatic rings. The van der Waals surface area contributed by atoms with Gasteiger partial charge < -0.3 is 15.4 Å². The van der Waals surface area contributed by atoms with Gasteiger partial charge in [0.15, 0.2) is 5.78 Å². The van der Waals surface area contributed by atoms with Crippen molar-refractivity contribution in [1.29, 1.82) is 0 Å². The molecule has 0 unspecified atom stereocenters. The van der Waals surface area contributed by atoms with Gasteiger partial charge in [-0.1, -0.05) is 36.4 Å². The van der Waals surface area contributed by atoms with Crippen LogP contribution in [0.4, 0.5) is 24.5 Å². The van der Waals surface area contributed by atoms with E-state index < -0.39 is 17.8 Å². The zero-order valence-electron chi connectivity index (χ0n) is 18.4. The first-order valence-electron chi connectivity index (χ1n) is 11.0. The molecule has 0 amide bonds. The molecule has 4 nitrogen and oxygen atoms in total. The summed E-state index contributed by atoms with van der Waals surface area (Å²) in [7, 11) is 1.61. The van der Waals surface area contributed by atoms with Crippen LogP contribution in [0.3, 0.4) is 0 Å². The second-order valence-corrected chi connectivity index (χ2v) is 8.56. The van der Waals surface area contributed by atoms with Crippen LogP contribution in [0.25, 0.3) is 0 Å². The Morgan fingerprint density at radius 1 is 0.853 bits per heavy atom. The molecule has 3 aromatic carbocycles. The molecular weight excluding hydrogens is 441 g/mol. The molecule has 5 rings (SSSR count). The number of nitrogens with one attached hydrogen (secondary N) is 2. The summed E-state index contributed by atoms with van der Waals surface area (Å²) < 4.78 is 44.6. The summed E-state index contributed by atoms with van der Waals surface area (Å²) in [6.45, 7) is 0. The lowest BCUT2D eigenvalue weighted by Crippen LogP contribution is -2.27. The minimum Gasteiger partial charge on any atom is -0.497 e. The van der Waals surface area contributed by atoms with Crippen LogP contribution >= 0.6 is 0 Å². The number of ether oxygens (including phenoxy) is 1. The highest BCUT2D eigenvalue weighted by Crippen LogP contribution is 2.44. The monoisotopic (exact) mass is 464 g/mol. The zero-order chi connectivity index (χ0) is 23.9. The molecule has 34 heavy (non-hydrogen) atoms. The minimum absolute atomic E-state index is 0.0110. The summed E-state index contributed by atoms with van der Waals surface area (Å²) >= 11 is 0. The van der Waals surface area contributed by atoms with Gasteiger partial charge in [0, 0.05) is 17.7 Å². The number of carbonyl (C=O) groups excluding carboxylic acids is 1. The second kappa shape index (κ2) is 8.56. The van der Waals surface area contributed by atoms with Gasteiger partial charge in [-0.05, 0) is 59.9 Å². The van der Waals surface area contributed by atoms with Crippen LogP contribution in [0.5, 0.6) is 5.75 Å². The molecule has 0 saturated carbocycles. The number of Topliss-reactive ketones (excluding diaryl/α,β-unsaturated/α-hetero) is 1. The summed E-state index contributed by atoms with van der Waals surface area (Å²) in [5.41, 5.74) is 3.91. The molecule has 1 heterocycles. The first-order chi connectivity index (χ1) is 16.3. The van der Waals surface area contributed by atoms with Crippen molar-refractivity contribution in [2.75, 3.05) is 17.7 Å². The smallest absolute Gasteiger partial charge is 0.416 e. The van der Waals surface area contributed by atoms with Gasteiger partial charge in [-0.3, -0.25) is 4.79 Å². The number of halogens is 3. The van der Waals surface area contributed by atoms with Gasteiger partial charge in [0.05, 0.1) is 30.1 Å². The highest BCUT2D eigenvalue weighted by atomic mass is 19.4. The van der Waals surface area contributed by atoms with Gasteiger partial charge in [0.2, 0.25) is 0 Å². The van der Waals surface area contributed by atoms with Gasteiger partial charge in [-0.2, -0.15) is 13.2 Å². The van der Waals surface area contributed by atoms with Crippen LogP contribution < -0.4 is 15.4 Å². The van der Waals surface area contributed by atoms with Crippen molar-refractivity contribution in [2.45, 2.75) is 31.0 Å². The van der Waals surface area contributed by atoms with Crippen molar-refractivity contribution in [3.63, 3.8) is 0 Å². The van der Waals surface area contributed by atoms with E-state index in [1.54, 1.807) is 7.11 Å². The van der Waals surface area contributed by atoms with Gasteiger partial charge in [0.25, 0.3) is 0 Å². The average molecular weight is 464 g/mol. The molecule has 0 spiro atoms. The second-order valence-electron chi connectivity index (χ2n) is 8.56. The van der Waals surface area contributed by atoms with Crippen LogP contribution in [-0.4, -0.2) is 12.9 Å². The molecule has 1 aliphatic carbocycles. The summed E-state index contributed by atoms with van der Waals surface area (Å²) in [4.78, 5) is 13.5. The fourth-order valence-electron chi connectivity index (χ4n) is 4.72. The van der Waals surface area contributed by atoms with Crippen molar-refractivity contribution >= 4 is 17.2 Å². The topological polar surface area (TPSA) is 50.4 Å². The molecule has 2 aliphatic rings. The Balaban J connectivity index is 1.55. The van der Waals surface area contributed by atoms with Crippen molar-refractivity contribution in [3.8, 4) is 5.75 Å². The van der Waals surface area contributed by atoms with Crippen LogP contribution in [-0.2, 0) is 11.0 Å². The van der Waals surface area contributed by atoms with Crippen molar-refractivity contribution < 1.29 is 22.7 Å². The summed E-state index contributed by atoms with van der Waals surface area (Å²) in [5, 5.41) is 6.84. The number of methoxy groups -OCH3 is 1. The summed E-state index contributed by atoms with van der Waals surface area (Å²) in [5.74, 6) is 0.710. The molecule has 0 fully saturated rings. The van der Waals surface area contributed by atoms with Crippen LogP contribution in [0.15, 0.2) is 84.1 Å². The third kappa shape index (κ3) is 4.14. The normalized spacial score (nSPS) is 19.9. The average Bonchev–Trinajstić information content (AvgIpc) is 3.00. The number of fused-ring (bicyclic) bond motifs is 1. The van der Waals surface area contributed by atoms with E-state index >= 15 is 0 Å². The van der Waals surface area contributed by atoms with Gasteiger partial charge in [-0.25, -0.2) is 0 Å². The fraction of sp³-hybridized carbons (Fsp3) is 0.222. The van der Waals surface area contributed by atoms with E-state index in [2.05, 4.69) is 10.6 Å². The van der Waals surface area contributed by atoms with Crippen molar-refractivity contribution in [1.82, 2.24) is 0 Å². The number of hydrogen-bond acceptors (Lipinski definition) is 4. The minimum atomic E-state index is -4.42. The van der Waals surface area contributed by atoms with E-state index in [0.29, 0.717) is 24.0 Å². The first-order valence-corrected chi connectivity index (χ1v) is 11.0. The Hall–Kier alpha value is -3.74. The largest absolute Gasteiger partial charge is 0.497 e. The SMILES string of the molecule is COc1ccc([C@@H]2CC(=O)C3=C(C2)Nc2ccccc2N[C@H]3c2ccc(C(F)(F)F)cc2)cc1. The Bertz CT molecular complexity index is 1250. The highest BCUT2D eigenvalue weighted by Gasteiger charge is 2.37. The zero-order valence-corrected chi connectivity index (χ0v) is 18.4. The van der Waals surface area contributed by atoms with Crippen LogP contribution in [0.1, 0.15) is 41.5 Å². The summed E-state index contributed by atoms with van der Waals surface area (Å²) in [6.07, 6.45) is -3.48. The van der Waals surface area contributed by atoms with Gasteiger partial charge in [0.1, 0.15) is 5.75 Å². The molecule has 0 radical (unpaired) electrons.